The second kappa shape index (κ2) is 8.30. The van der Waals surface area contributed by atoms with Crippen LogP contribution in [0.1, 0.15) is 11.3 Å². The Morgan fingerprint density at radius 3 is 2.68 bits per heavy atom. The fourth-order valence-electron chi connectivity index (χ4n) is 2.67. The topological polar surface area (TPSA) is 103 Å². The van der Waals surface area contributed by atoms with Crippen molar-refractivity contribution in [3.05, 3.63) is 58.0 Å². The van der Waals surface area contributed by atoms with Crippen molar-refractivity contribution in [2.24, 2.45) is 0 Å². The summed E-state index contributed by atoms with van der Waals surface area (Å²) in [5.74, 6) is 6.50. The lowest BCUT2D eigenvalue weighted by Gasteiger charge is -2.17. The number of nitrogens with zero attached hydrogens (tertiary/aromatic N) is 4. The summed E-state index contributed by atoms with van der Waals surface area (Å²) in [6.45, 7) is 2.00. The zero-order valence-electron chi connectivity index (χ0n) is 15.9. The normalized spacial score (nSPS) is 10.8. The van der Waals surface area contributed by atoms with E-state index in [4.69, 9.17) is 10.6 Å². The molecule has 0 aliphatic rings. The molecule has 0 saturated heterocycles. The molecule has 1 amide bonds. The molecular weight excluding hydrogens is 378 g/mol. The number of rotatable bonds is 6. The van der Waals surface area contributed by atoms with Gasteiger partial charge >= 0.3 is 0 Å². The Bertz CT molecular complexity index is 1080. The number of benzene rings is 2. The van der Waals surface area contributed by atoms with Crippen LogP contribution in [0.4, 0.5) is 0 Å². The Labute approximate surface area is 166 Å². The van der Waals surface area contributed by atoms with Crippen LogP contribution in [-0.4, -0.2) is 45.6 Å². The number of aromatic nitrogens is 3. The lowest BCUT2D eigenvalue weighted by Crippen LogP contribution is -2.33. The van der Waals surface area contributed by atoms with Gasteiger partial charge < -0.3 is 15.5 Å². The highest BCUT2D eigenvalue weighted by Gasteiger charge is 2.14. The molecule has 28 heavy (non-hydrogen) atoms. The van der Waals surface area contributed by atoms with E-state index in [-0.39, 0.29) is 22.5 Å². The summed E-state index contributed by atoms with van der Waals surface area (Å²) in [4.78, 5) is 25.8. The van der Waals surface area contributed by atoms with Gasteiger partial charge in [0, 0.05) is 13.6 Å². The smallest absolute Gasteiger partial charge is 0.294 e. The Morgan fingerprint density at radius 1 is 1.21 bits per heavy atom. The second-order valence-corrected chi connectivity index (χ2v) is 7.27. The van der Waals surface area contributed by atoms with E-state index in [2.05, 4.69) is 16.3 Å². The zero-order chi connectivity index (χ0) is 20.3. The average molecular weight is 399 g/mol. The van der Waals surface area contributed by atoms with Gasteiger partial charge in [-0.15, -0.1) is 10.2 Å². The first kappa shape index (κ1) is 19.7. The summed E-state index contributed by atoms with van der Waals surface area (Å²) in [6, 6.07) is 11.9. The molecule has 0 fully saturated rings. The number of fused-ring (bicyclic) bond motifs is 1. The highest BCUT2D eigenvalue weighted by molar-refractivity contribution is 7.99. The third-order valence-corrected chi connectivity index (χ3v) is 5.23. The summed E-state index contributed by atoms with van der Waals surface area (Å²) in [5, 5.41) is 9.99. The monoisotopic (exact) mass is 399 g/mol. The van der Waals surface area contributed by atoms with Crippen molar-refractivity contribution < 1.29 is 9.53 Å². The molecule has 0 unspecified atom stereocenters. The number of thioether (sulfide) groups is 1. The lowest BCUT2D eigenvalue weighted by molar-refractivity contribution is -0.127. The van der Waals surface area contributed by atoms with Crippen LogP contribution < -0.4 is 16.1 Å². The predicted molar refractivity (Wildman–Crippen MR) is 109 cm³/mol. The van der Waals surface area contributed by atoms with Crippen LogP contribution in [0.3, 0.4) is 0 Å². The van der Waals surface area contributed by atoms with Crippen LogP contribution in [0.5, 0.6) is 5.75 Å². The molecule has 0 saturated carbocycles. The molecule has 0 atom stereocenters. The molecule has 1 heterocycles. The minimum atomic E-state index is -0.425. The highest BCUT2D eigenvalue weighted by Crippen LogP contribution is 2.22. The fraction of sp³-hybridized carbons (Fsp3) is 0.263. The molecule has 9 heteroatoms. The minimum absolute atomic E-state index is 0.102. The summed E-state index contributed by atoms with van der Waals surface area (Å²) in [6.07, 6.45) is 0. The van der Waals surface area contributed by atoms with Crippen molar-refractivity contribution in [2.75, 3.05) is 25.8 Å². The molecule has 0 aliphatic heterocycles. The van der Waals surface area contributed by atoms with Gasteiger partial charge in [-0.2, -0.15) is 4.68 Å². The van der Waals surface area contributed by atoms with E-state index < -0.39 is 5.56 Å². The molecule has 1 aromatic heterocycles. The SMILES string of the molecule is COc1ccc2cc(CN(C)C(=O)CSc3nnc(C)c(=O)n3N)ccc2c1. The summed E-state index contributed by atoms with van der Waals surface area (Å²) >= 11 is 1.08. The van der Waals surface area contributed by atoms with Gasteiger partial charge in [-0.05, 0) is 41.5 Å². The van der Waals surface area contributed by atoms with Crippen molar-refractivity contribution in [1.82, 2.24) is 19.8 Å². The highest BCUT2D eigenvalue weighted by atomic mass is 32.2. The molecule has 146 valence electrons. The molecule has 8 nitrogen and oxygen atoms in total. The molecule has 2 N–H and O–H groups in total. The number of carbonyl (C=O) groups is 1. The predicted octanol–water partition coefficient (Wildman–Crippen LogP) is 1.57. The fourth-order valence-corrected chi connectivity index (χ4v) is 3.46. The number of amides is 1. The first-order valence-electron chi connectivity index (χ1n) is 8.54. The number of nitrogens with two attached hydrogens (primary N) is 1. The van der Waals surface area contributed by atoms with Crippen molar-refractivity contribution in [1.29, 1.82) is 0 Å². The number of ether oxygens (including phenoxy) is 1. The largest absolute Gasteiger partial charge is 0.497 e. The molecule has 0 spiro atoms. The molecule has 0 radical (unpaired) electrons. The third-order valence-electron chi connectivity index (χ3n) is 4.30. The van der Waals surface area contributed by atoms with Crippen LogP contribution in [0.15, 0.2) is 46.3 Å². The van der Waals surface area contributed by atoms with Crippen molar-refractivity contribution in [3.63, 3.8) is 0 Å². The summed E-state index contributed by atoms with van der Waals surface area (Å²) in [5.41, 5.74) is 0.805. The second-order valence-electron chi connectivity index (χ2n) is 6.33. The van der Waals surface area contributed by atoms with Gasteiger partial charge in [0.1, 0.15) is 11.4 Å². The lowest BCUT2D eigenvalue weighted by atomic mass is 10.1. The molecule has 0 aliphatic carbocycles. The van der Waals surface area contributed by atoms with Gasteiger partial charge in [-0.25, -0.2) is 0 Å². The van der Waals surface area contributed by atoms with Gasteiger partial charge in [0.2, 0.25) is 11.1 Å². The Balaban J connectivity index is 1.65. The van der Waals surface area contributed by atoms with Crippen molar-refractivity contribution in [2.45, 2.75) is 18.6 Å². The maximum absolute atomic E-state index is 12.4. The van der Waals surface area contributed by atoms with Crippen LogP contribution in [0.25, 0.3) is 10.8 Å². The van der Waals surface area contributed by atoms with Crippen LogP contribution in [-0.2, 0) is 11.3 Å². The first-order valence-corrected chi connectivity index (χ1v) is 9.52. The zero-order valence-corrected chi connectivity index (χ0v) is 16.7. The number of aryl methyl sites for hydroxylation is 1. The van der Waals surface area contributed by atoms with E-state index in [0.29, 0.717) is 6.54 Å². The number of hydrogen-bond donors (Lipinski definition) is 1. The maximum atomic E-state index is 12.4. The van der Waals surface area contributed by atoms with Crippen LogP contribution in [0.2, 0.25) is 0 Å². The number of methoxy groups -OCH3 is 1. The standard InChI is InChI=1S/C19H21N5O3S/c1-12-18(26)24(20)19(22-21-12)28-11-17(25)23(2)10-13-4-5-15-9-16(27-3)7-6-14(15)8-13/h4-9H,10-11,20H2,1-3H3. The van der Waals surface area contributed by atoms with E-state index in [1.165, 1.54) is 6.92 Å². The van der Waals surface area contributed by atoms with Gasteiger partial charge in [0.05, 0.1) is 12.9 Å². The van der Waals surface area contributed by atoms with Gasteiger partial charge in [-0.3, -0.25) is 9.59 Å². The van der Waals surface area contributed by atoms with Gasteiger partial charge in [0.25, 0.3) is 5.56 Å². The number of nitrogen functional groups attached to an aromatic ring is 1. The Morgan fingerprint density at radius 2 is 1.93 bits per heavy atom. The average Bonchev–Trinajstić information content (AvgIpc) is 2.70. The molecule has 2 aromatic carbocycles. The van der Waals surface area contributed by atoms with Crippen LogP contribution in [0, 0.1) is 6.92 Å². The van der Waals surface area contributed by atoms with Gasteiger partial charge in [0.15, 0.2) is 0 Å². The van der Waals surface area contributed by atoms with E-state index in [9.17, 15) is 9.59 Å². The number of carbonyl (C=O) groups excluding carboxylic acids is 1. The Kier molecular flexibility index (Phi) is 5.84. The maximum Gasteiger partial charge on any atom is 0.294 e. The quantitative estimate of drug-likeness (QED) is 0.496. The molecule has 3 rings (SSSR count). The summed E-state index contributed by atoms with van der Waals surface area (Å²) in [7, 11) is 3.37. The van der Waals surface area contributed by atoms with Crippen LogP contribution >= 0.6 is 11.8 Å². The number of hydrogen-bond acceptors (Lipinski definition) is 7. The first-order chi connectivity index (χ1) is 13.4. The molecule has 0 bridgehead atoms. The van der Waals surface area contributed by atoms with E-state index in [1.54, 1.807) is 19.1 Å². The van der Waals surface area contributed by atoms with Crippen molar-refractivity contribution >= 4 is 28.4 Å². The molecule has 3 aromatic rings. The Hall–Kier alpha value is -3.07. The van der Waals surface area contributed by atoms with E-state index in [0.717, 1.165) is 38.5 Å². The van der Waals surface area contributed by atoms with Crippen molar-refractivity contribution in [3.8, 4) is 5.75 Å². The van der Waals surface area contributed by atoms with E-state index in [1.807, 2.05) is 30.3 Å². The third kappa shape index (κ3) is 4.25. The van der Waals surface area contributed by atoms with E-state index >= 15 is 0 Å². The molecular formula is C19H21N5O3S. The summed E-state index contributed by atoms with van der Waals surface area (Å²) < 4.78 is 6.15. The minimum Gasteiger partial charge on any atom is -0.497 e. The van der Waals surface area contributed by atoms with Gasteiger partial charge in [-0.1, -0.05) is 30.0 Å².